The summed E-state index contributed by atoms with van der Waals surface area (Å²) < 4.78 is 0. The molecule has 4 nitrogen and oxygen atoms in total. The predicted molar refractivity (Wildman–Crippen MR) is 80.7 cm³/mol. The fourth-order valence-electron chi connectivity index (χ4n) is 3.29. The minimum Gasteiger partial charge on any atom is -0.330 e. The van der Waals surface area contributed by atoms with E-state index in [4.69, 9.17) is 5.73 Å². The van der Waals surface area contributed by atoms with E-state index < -0.39 is 0 Å². The van der Waals surface area contributed by atoms with Gasteiger partial charge in [-0.1, -0.05) is 31.9 Å². The van der Waals surface area contributed by atoms with Crippen molar-refractivity contribution in [1.29, 1.82) is 0 Å². The zero-order valence-corrected chi connectivity index (χ0v) is 12.4. The minimum absolute atomic E-state index is 0.131. The van der Waals surface area contributed by atoms with Gasteiger partial charge < -0.3 is 5.73 Å². The van der Waals surface area contributed by atoms with E-state index >= 15 is 0 Å². The molecule has 110 valence electrons. The van der Waals surface area contributed by atoms with Crippen molar-refractivity contribution in [1.82, 2.24) is 0 Å². The largest absolute Gasteiger partial charge is 0.330 e. The summed E-state index contributed by atoms with van der Waals surface area (Å²) >= 11 is 0. The van der Waals surface area contributed by atoms with E-state index in [1.54, 1.807) is 12.1 Å². The van der Waals surface area contributed by atoms with Crippen LogP contribution in [0.15, 0.2) is 18.2 Å². The first-order valence-electron chi connectivity index (χ1n) is 7.40. The molecule has 0 atom stereocenters. The Morgan fingerprint density at radius 1 is 1.40 bits per heavy atom. The van der Waals surface area contributed by atoms with Gasteiger partial charge in [0.1, 0.15) is 0 Å². The van der Waals surface area contributed by atoms with Gasteiger partial charge in [-0.15, -0.1) is 0 Å². The topological polar surface area (TPSA) is 69.2 Å². The third-order valence-electron chi connectivity index (χ3n) is 4.95. The van der Waals surface area contributed by atoms with Crippen molar-refractivity contribution < 1.29 is 4.92 Å². The molecule has 2 rings (SSSR count). The molecule has 1 aliphatic rings. The number of nitro groups is 1. The quantitative estimate of drug-likeness (QED) is 0.674. The lowest BCUT2D eigenvalue weighted by atomic mass is 9.67. The van der Waals surface area contributed by atoms with Gasteiger partial charge in [-0.2, -0.15) is 0 Å². The van der Waals surface area contributed by atoms with Crippen molar-refractivity contribution in [2.75, 3.05) is 6.54 Å². The van der Waals surface area contributed by atoms with Crippen LogP contribution in [-0.4, -0.2) is 11.5 Å². The van der Waals surface area contributed by atoms with Crippen molar-refractivity contribution in [3.8, 4) is 0 Å². The molecule has 1 aromatic carbocycles. The molecular weight excluding hydrogens is 252 g/mol. The van der Waals surface area contributed by atoms with Crippen LogP contribution < -0.4 is 5.73 Å². The number of rotatable bonds is 4. The molecule has 0 amide bonds. The molecule has 0 aromatic heterocycles. The van der Waals surface area contributed by atoms with E-state index in [1.165, 1.54) is 12.8 Å². The third kappa shape index (κ3) is 3.01. The Kier molecular flexibility index (Phi) is 4.43. The lowest BCUT2D eigenvalue weighted by Crippen LogP contribution is -2.36. The van der Waals surface area contributed by atoms with E-state index in [1.807, 2.05) is 13.0 Å². The summed E-state index contributed by atoms with van der Waals surface area (Å²) in [5, 5.41) is 11.0. The van der Waals surface area contributed by atoms with E-state index in [9.17, 15) is 10.1 Å². The maximum Gasteiger partial charge on any atom is 0.272 e. The molecule has 0 spiro atoms. The lowest BCUT2D eigenvalue weighted by Gasteiger charge is -2.39. The first kappa shape index (κ1) is 15.0. The van der Waals surface area contributed by atoms with Crippen LogP contribution in [0, 0.1) is 28.4 Å². The molecule has 2 N–H and O–H groups in total. The molecule has 20 heavy (non-hydrogen) atoms. The van der Waals surface area contributed by atoms with Crippen LogP contribution in [0.2, 0.25) is 0 Å². The third-order valence-corrected chi connectivity index (χ3v) is 4.95. The number of hydrogen-bond donors (Lipinski definition) is 1. The van der Waals surface area contributed by atoms with Gasteiger partial charge in [-0.3, -0.25) is 10.1 Å². The number of benzene rings is 1. The Balaban J connectivity index is 2.24. The number of nitrogens with zero attached hydrogens (tertiary/aromatic N) is 1. The summed E-state index contributed by atoms with van der Waals surface area (Å²) in [6.45, 7) is 4.81. The summed E-state index contributed by atoms with van der Waals surface area (Å²) in [6, 6.07) is 5.38. The fourth-order valence-corrected chi connectivity index (χ4v) is 3.29. The SMILES string of the molecule is Cc1c(CC2(CN)CCC(C)CC2)cccc1[N+](=O)[O-]. The van der Waals surface area contributed by atoms with Crippen LogP contribution in [0.4, 0.5) is 5.69 Å². The highest BCUT2D eigenvalue weighted by Gasteiger charge is 2.34. The highest BCUT2D eigenvalue weighted by molar-refractivity contribution is 5.44. The van der Waals surface area contributed by atoms with E-state index in [-0.39, 0.29) is 16.0 Å². The summed E-state index contributed by atoms with van der Waals surface area (Å²) in [5.74, 6) is 0.779. The normalized spacial score (nSPS) is 26.4. The molecule has 0 radical (unpaired) electrons. The maximum absolute atomic E-state index is 11.0. The van der Waals surface area contributed by atoms with Crippen molar-refractivity contribution >= 4 is 5.69 Å². The van der Waals surface area contributed by atoms with Crippen LogP contribution in [0.5, 0.6) is 0 Å². The van der Waals surface area contributed by atoms with Gasteiger partial charge in [0, 0.05) is 11.6 Å². The zero-order chi connectivity index (χ0) is 14.8. The van der Waals surface area contributed by atoms with Gasteiger partial charge in [-0.05, 0) is 49.6 Å². The second-order valence-electron chi connectivity index (χ2n) is 6.38. The first-order valence-corrected chi connectivity index (χ1v) is 7.40. The van der Waals surface area contributed by atoms with E-state index in [0.29, 0.717) is 6.54 Å². The molecule has 1 aliphatic carbocycles. The molecule has 1 fully saturated rings. The molecule has 0 unspecified atom stereocenters. The van der Waals surface area contributed by atoms with Crippen LogP contribution in [0.1, 0.15) is 43.7 Å². The van der Waals surface area contributed by atoms with Crippen molar-refractivity contribution in [2.45, 2.75) is 46.0 Å². The predicted octanol–water partition coefficient (Wildman–Crippen LogP) is 3.60. The van der Waals surface area contributed by atoms with Crippen molar-refractivity contribution in [3.05, 3.63) is 39.4 Å². The number of nitrogens with two attached hydrogens (primary N) is 1. The minimum atomic E-state index is -0.295. The Bertz CT molecular complexity index is 491. The van der Waals surface area contributed by atoms with E-state index in [2.05, 4.69) is 6.92 Å². The van der Waals surface area contributed by atoms with Crippen molar-refractivity contribution in [2.24, 2.45) is 17.1 Å². The Morgan fingerprint density at radius 2 is 2.05 bits per heavy atom. The highest BCUT2D eigenvalue weighted by atomic mass is 16.6. The van der Waals surface area contributed by atoms with Gasteiger partial charge in [0.2, 0.25) is 0 Å². The molecule has 0 heterocycles. The smallest absolute Gasteiger partial charge is 0.272 e. The van der Waals surface area contributed by atoms with Crippen molar-refractivity contribution in [3.63, 3.8) is 0 Å². The van der Waals surface area contributed by atoms with Crippen LogP contribution in [0.3, 0.4) is 0 Å². The van der Waals surface area contributed by atoms with Crippen LogP contribution >= 0.6 is 0 Å². The zero-order valence-electron chi connectivity index (χ0n) is 12.4. The number of nitro benzene ring substituents is 1. The molecule has 0 saturated heterocycles. The van der Waals surface area contributed by atoms with Gasteiger partial charge in [0.25, 0.3) is 5.69 Å². The van der Waals surface area contributed by atoms with Gasteiger partial charge in [0.05, 0.1) is 4.92 Å². The second-order valence-corrected chi connectivity index (χ2v) is 6.38. The summed E-state index contributed by atoms with van der Waals surface area (Å²) in [5.41, 5.74) is 8.28. The molecule has 1 saturated carbocycles. The summed E-state index contributed by atoms with van der Waals surface area (Å²) in [7, 11) is 0. The molecule has 0 bridgehead atoms. The van der Waals surface area contributed by atoms with Gasteiger partial charge in [-0.25, -0.2) is 0 Å². The average molecular weight is 276 g/mol. The second kappa shape index (κ2) is 5.92. The Hall–Kier alpha value is -1.42. The first-order chi connectivity index (χ1) is 9.47. The standard InChI is InChI=1S/C16H24N2O2/c1-12-6-8-16(11-17,9-7-12)10-14-4-3-5-15(13(14)2)18(19)20/h3-5,12H,6-11,17H2,1-2H3. The number of hydrogen-bond acceptors (Lipinski definition) is 3. The summed E-state index contributed by atoms with van der Waals surface area (Å²) in [6.07, 6.45) is 5.56. The summed E-state index contributed by atoms with van der Waals surface area (Å²) in [4.78, 5) is 10.7. The molecular formula is C16H24N2O2. The molecule has 0 aliphatic heterocycles. The molecule has 4 heteroatoms. The molecule has 1 aromatic rings. The highest BCUT2D eigenvalue weighted by Crippen LogP contribution is 2.41. The monoisotopic (exact) mass is 276 g/mol. The van der Waals surface area contributed by atoms with Crippen LogP contribution in [-0.2, 0) is 6.42 Å². The maximum atomic E-state index is 11.0. The van der Waals surface area contributed by atoms with Crippen LogP contribution in [0.25, 0.3) is 0 Å². The Labute approximate surface area is 120 Å². The fraction of sp³-hybridized carbons (Fsp3) is 0.625. The van der Waals surface area contributed by atoms with Gasteiger partial charge >= 0.3 is 0 Å². The lowest BCUT2D eigenvalue weighted by molar-refractivity contribution is -0.385. The Morgan fingerprint density at radius 3 is 2.60 bits per heavy atom. The van der Waals surface area contributed by atoms with Gasteiger partial charge in [0.15, 0.2) is 0 Å². The average Bonchev–Trinajstić information content (AvgIpc) is 2.43. The van der Waals surface area contributed by atoms with E-state index in [0.717, 1.165) is 36.3 Å².